The highest BCUT2D eigenvalue weighted by molar-refractivity contribution is 6.00. The zero-order valence-electron chi connectivity index (χ0n) is 11.4. The third-order valence-electron chi connectivity index (χ3n) is 4.09. The number of likely N-dealkylation sites (tertiary alicyclic amines) is 1. The van der Waals surface area contributed by atoms with Gasteiger partial charge in [0.15, 0.2) is 0 Å². The van der Waals surface area contributed by atoms with Gasteiger partial charge in [0.1, 0.15) is 6.04 Å². The van der Waals surface area contributed by atoms with Crippen molar-refractivity contribution in [3.05, 3.63) is 12.4 Å². The van der Waals surface area contributed by atoms with Gasteiger partial charge in [-0.2, -0.15) is 5.10 Å². The molecule has 0 unspecified atom stereocenters. The van der Waals surface area contributed by atoms with Crippen molar-refractivity contribution >= 4 is 23.5 Å². The van der Waals surface area contributed by atoms with Gasteiger partial charge in [0.2, 0.25) is 11.8 Å². The van der Waals surface area contributed by atoms with Gasteiger partial charge in [0, 0.05) is 25.7 Å². The number of carbonyl (C=O) groups excluding carboxylic acids is 2. The number of carboxylic acids is 1. The van der Waals surface area contributed by atoms with Gasteiger partial charge < -0.3 is 14.9 Å². The highest BCUT2D eigenvalue weighted by atomic mass is 16.4. The summed E-state index contributed by atoms with van der Waals surface area (Å²) in [4.78, 5) is 38.6. The minimum absolute atomic E-state index is 0.118. The molecule has 0 aliphatic carbocycles. The van der Waals surface area contributed by atoms with Crippen molar-refractivity contribution in [2.75, 3.05) is 18.0 Å². The molecule has 3 heterocycles. The Morgan fingerprint density at radius 3 is 2.90 bits per heavy atom. The molecule has 0 radical (unpaired) electrons. The zero-order chi connectivity index (χ0) is 15.0. The number of H-pyrrole nitrogens is 1. The average Bonchev–Trinajstić information content (AvgIpc) is 3.17. The smallest absolute Gasteiger partial charge is 0.326 e. The summed E-state index contributed by atoms with van der Waals surface area (Å²) >= 11 is 0. The Labute approximate surface area is 120 Å². The number of rotatable bonds is 3. The molecular weight excluding hydrogens is 276 g/mol. The SMILES string of the molecule is O=C(O)[C@@H]1CCCN1C(=O)[C@@H]1CC(=O)N(c2cn[nH]c2)C1. The van der Waals surface area contributed by atoms with Crippen LogP contribution in [0.1, 0.15) is 19.3 Å². The van der Waals surface area contributed by atoms with Crippen molar-refractivity contribution in [1.82, 2.24) is 15.1 Å². The van der Waals surface area contributed by atoms with Gasteiger partial charge in [-0.3, -0.25) is 14.7 Å². The lowest BCUT2D eigenvalue weighted by molar-refractivity contribution is -0.149. The van der Waals surface area contributed by atoms with Crippen LogP contribution in [0.4, 0.5) is 5.69 Å². The van der Waals surface area contributed by atoms with Crippen LogP contribution in [0, 0.1) is 5.92 Å². The fourth-order valence-corrected chi connectivity index (χ4v) is 3.04. The Balaban J connectivity index is 1.72. The van der Waals surface area contributed by atoms with Crippen molar-refractivity contribution in [2.24, 2.45) is 5.92 Å². The topological polar surface area (TPSA) is 107 Å². The highest BCUT2D eigenvalue weighted by Gasteiger charge is 2.42. The maximum atomic E-state index is 12.5. The van der Waals surface area contributed by atoms with E-state index < -0.39 is 17.9 Å². The van der Waals surface area contributed by atoms with Gasteiger partial charge in [-0.15, -0.1) is 0 Å². The fraction of sp³-hybridized carbons (Fsp3) is 0.538. The highest BCUT2D eigenvalue weighted by Crippen LogP contribution is 2.28. The first-order valence-electron chi connectivity index (χ1n) is 6.90. The molecule has 2 N–H and O–H groups in total. The summed E-state index contributed by atoms with van der Waals surface area (Å²) in [5, 5.41) is 15.6. The Morgan fingerprint density at radius 2 is 2.24 bits per heavy atom. The number of anilines is 1. The van der Waals surface area contributed by atoms with Gasteiger partial charge in [-0.25, -0.2) is 4.79 Å². The quantitative estimate of drug-likeness (QED) is 0.805. The van der Waals surface area contributed by atoms with E-state index in [1.54, 1.807) is 6.20 Å². The van der Waals surface area contributed by atoms with E-state index in [1.807, 2.05) is 0 Å². The Bertz CT molecular complexity index is 571. The van der Waals surface area contributed by atoms with E-state index >= 15 is 0 Å². The van der Waals surface area contributed by atoms with Crippen LogP contribution in [0.25, 0.3) is 0 Å². The predicted molar refractivity (Wildman–Crippen MR) is 71.4 cm³/mol. The molecule has 2 atom stereocenters. The number of aromatic nitrogens is 2. The second-order valence-corrected chi connectivity index (χ2v) is 5.39. The summed E-state index contributed by atoms with van der Waals surface area (Å²) < 4.78 is 0. The molecule has 21 heavy (non-hydrogen) atoms. The van der Waals surface area contributed by atoms with E-state index in [9.17, 15) is 14.4 Å². The van der Waals surface area contributed by atoms with Crippen molar-refractivity contribution < 1.29 is 19.5 Å². The molecule has 1 aromatic rings. The van der Waals surface area contributed by atoms with Crippen LogP contribution < -0.4 is 4.90 Å². The van der Waals surface area contributed by atoms with Gasteiger partial charge in [0.25, 0.3) is 0 Å². The summed E-state index contributed by atoms with van der Waals surface area (Å²) in [6.45, 7) is 0.728. The van der Waals surface area contributed by atoms with Gasteiger partial charge in [-0.1, -0.05) is 0 Å². The first-order chi connectivity index (χ1) is 10.1. The maximum Gasteiger partial charge on any atom is 0.326 e. The number of carboxylic acid groups (broad SMARTS) is 1. The maximum absolute atomic E-state index is 12.5. The van der Waals surface area contributed by atoms with Crippen LogP contribution in [0.5, 0.6) is 0 Å². The number of amides is 2. The van der Waals surface area contributed by atoms with E-state index in [-0.39, 0.29) is 24.8 Å². The molecule has 8 heteroatoms. The van der Waals surface area contributed by atoms with Crippen LogP contribution >= 0.6 is 0 Å². The molecule has 0 aromatic carbocycles. The summed E-state index contributed by atoms with van der Waals surface area (Å²) in [6, 6.07) is -0.754. The van der Waals surface area contributed by atoms with Crippen LogP contribution in [0.15, 0.2) is 12.4 Å². The Hall–Kier alpha value is -2.38. The minimum atomic E-state index is -0.975. The molecule has 8 nitrogen and oxygen atoms in total. The third kappa shape index (κ3) is 2.37. The van der Waals surface area contributed by atoms with E-state index in [0.717, 1.165) is 0 Å². The van der Waals surface area contributed by atoms with E-state index in [1.165, 1.54) is 16.0 Å². The Morgan fingerprint density at radius 1 is 1.43 bits per heavy atom. The van der Waals surface area contributed by atoms with Crippen LogP contribution in [-0.4, -0.2) is 57.1 Å². The standard InChI is InChI=1S/C13H16N4O4/c18-11-4-8(7-17(11)9-5-14-15-6-9)12(19)16-3-1-2-10(16)13(20)21/h5-6,8,10H,1-4,7H2,(H,14,15)(H,20,21)/t8-,10+/m1/s1. The number of nitrogens with one attached hydrogen (secondary N) is 1. The molecule has 2 aliphatic heterocycles. The van der Waals surface area contributed by atoms with Crippen LogP contribution in [-0.2, 0) is 14.4 Å². The molecule has 2 fully saturated rings. The van der Waals surface area contributed by atoms with E-state index in [2.05, 4.69) is 10.2 Å². The molecule has 2 saturated heterocycles. The second-order valence-electron chi connectivity index (χ2n) is 5.39. The molecule has 2 aliphatic rings. The van der Waals surface area contributed by atoms with Crippen molar-refractivity contribution in [3.8, 4) is 0 Å². The third-order valence-corrected chi connectivity index (χ3v) is 4.09. The molecule has 0 bridgehead atoms. The molecule has 112 valence electrons. The lowest BCUT2D eigenvalue weighted by atomic mass is 10.1. The summed E-state index contributed by atoms with van der Waals surface area (Å²) in [7, 11) is 0. The molecule has 0 spiro atoms. The number of hydrogen-bond donors (Lipinski definition) is 2. The molecule has 0 saturated carbocycles. The van der Waals surface area contributed by atoms with Crippen molar-refractivity contribution in [2.45, 2.75) is 25.3 Å². The van der Waals surface area contributed by atoms with Gasteiger partial charge in [0.05, 0.1) is 17.8 Å². The van der Waals surface area contributed by atoms with E-state index in [4.69, 9.17) is 5.11 Å². The van der Waals surface area contributed by atoms with Gasteiger partial charge in [-0.05, 0) is 12.8 Å². The lowest BCUT2D eigenvalue weighted by Gasteiger charge is -2.24. The largest absolute Gasteiger partial charge is 0.480 e. The number of nitrogens with zero attached hydrogens (tertiary/aromatic N) is 3. The zero-order valence-corrected chi connectivity index (χ0v) is 11.4. The van der Waals surface area contributed by atoms with Crippen LogP contribution in [0.2, 0.25) is 0 Å². The van der Waals surface area contributed by atoms with E-state index in [0.29, 0.717) is 25.1 Å². The first-order valence-corrected chi connectivity index (χ1v) is 6.90. The predicted octanol–water partition coefficient (Wildman–Crippen LogP) is -0.162. The summed E-state index contributed by atoms with van der Waals surface area (Å²) in [5.41, 5.74) is 0.631. The average molecular weight is 292 g/mol. The Kier molecular flexibility index (Phi) is 3.36. The number of aromatic amines is 1. The molecule has 3 rings (SSSR count). The molecule has 2 amide bonds. The van der Waals surface area contributed by atoms with Gasteiger partial charge >= 0.3 is 5.97 Å². The monoisotopic (exact) mass is 292 g/mol. The minimum Gasteiger partial charge on any atom is -0.480 e. The molecular formula is C13H16N4O4. The van der Waals surface area contributed by atoms with Crippen molar-refractivity contribution in [1.29, 1.82) is 0 Å². The lowest BCUT2D eigenvalue weighted by Crippen LogP contribution is -2.44. The molecule has 1 aromatic heterocycles. The second kappa shape index (κ2) is 5.19. The first kappa shape index (κ1) is 13.6. The normalized spacial score (nSPS) is 25.6. The fourth-order valence-electron chi connectivity index (χ4n) is 3.04. The van der Waals surface area contributed by atoms with Crippen molar-refractivity contribution in [3.63, 3.8) is 0 Å². The number of hydrogen-bond acceptors (Lipinski definition) is 4. The summed E-state index contributed by atoms with van der Waals surface area (Å²) in [6.07, 6.45) is 4.41. The summed E-state index contributed by atoms with van der Waals surface area (Å²) in [5.74, 6) is -1.83. The van der Waals surface area contributed by atoms with Crippen LogP contribution in [0.3, 0.4) is 0 Å². The number of carbonyl (C=O) groups is 3. The number of aliphatic carboxylic acids is 1.